The van der Waals surface area contributed by atoms with E-state index in [4.69, 9.17) is 0 Å². The van der Waals surface area contributed by atoms with E-state index < -0.39 is 0 Å². The maximum Gasteiger partial charge on any atom is 0.333 e. The van der Waals surface area contributed by atoms with Gasteiger partial charge in [0, 0.05) is 23.7 Å². The third kappa shape index (κ3) is 5.07. The SMILES string of the molecule is CCCCc1cn(-c2ccccc2C(C)(C)C)c(=O)n1Cc1ccc(-c2cccnc2-c2nnn[nH]2)cc1. The molecule has 0 bridgehead atoms. The summed E-state index contributed by atoms with van der Waals surface area (Å²) in [6, 6.07) is 20.4. The molecule has 0 amide bonds. The van der Waals surface area contributed by atoms with Gasteiger partial charge >= 0.3 is 5.69 Å². The number of pyridine rings is 1. The Morgan fingerprint density at radius 3 is 2.47 bits per heavy atom. The molecule has 0 aliphatic heterocycles. The first-order valence-electron chi connectivity index (χ1n) is 13.1. The molecule has 194 valence electrons. The van der Waals surface area contributed by atoms with E-state index in [9.17, 15) is 4.79 Å². The number of nitrogens with one attached hydrogen (secondary N) is 1. The number of aromatic amines is 1. The van der Waals surface area contributed by atoms with Crippen molar-refractivity contribution in [2.75, 3.05) is 0 Å². The summed E-state index contributed by atoms with van der Waals surface area (Å²) in [5, 5.41) is 14.2. The molecule has 3 aromatic heterocycles. The van der Waals surface area contributed by atoms with Crippen LogP contribution in [0.4, 0.5) is 0 Å². The van der Waals surface area contributed by atoms with E-state index in [1.807, 2.05) is 45.7 Å². The minimum atomic E-state index is -0.0789. The second-order valence-electron chi connectivity index (χ2n) is 10.6. The molecule has 0 atom stereocenters. The molecule has 0 unspecified atom stereocenters. The number of H-pyrrole nitrogens is 1. The number of aryl methyl sites for hydroxylation is 1. The van der Waals surface area contributed by atoms with Crippen molar-refractivity contribution < 1.29 is 0 Å². The van der Waals surface area contributed by atoms with Crippen molar-refractivity contribution in [1.29, 1.82) is 0 Å². The number of tetrazole rings is 1. The highest BCUT2D eigenvalue weighted by molar-refractivity contribution is 5.77. The lowest BCUT2D eigenvalue weighted by Gasteiger charge is -2.22. The Labute approximate surface area is 222 Å². The van der Waals surface area contributed by atoms with Gasteiger partial charge < -0.3 is 0 Å². The number of nitrogens with zero attached hydrogens (tertiary/aromatic N) is 6. The van der Waals surface area contributed by atoms with Crippen LogP contribution in [0.2, 0.25) is 0 Å². The number of benzene rings is 2. The van der Waals surface area contributed by atoms with Gasteiger partial charge in [0.1, 0.15) is 5.69 Å². The fourth-order valence-corrected chi connectivity index (χ4v) is 4.80. The first-order valence-corrected chi connectivity index (χ1v) is 13.1. The molecule has 5 aromatic rings. The number of imidazole rings is 1. The maximum atomic E-state index is 13.8. The van der Waals surface area contributed by atoms with Gasteiger partial charge in [-0.2, -0.15) is 0 Å². The summed E-state index contributed by atoms with van der Waals surface area (Å²) >= 11 is 0. The van der Waals surface area contributed by atoms with Crippen molar-refractivity contribution in [3.8, 4) is 28.3 Å². The van der Waals surface area contributed by atoms with E-state index in [1.165, 1.54) is 0 Å². The van der Waals surface area contributed by atoms with E-state index >= 15 is 0 Å². The van der Waals surface area contributed by atoms with Crippen molar-refractivity contribution >= 4 is 0 Å². The van der Waals surface area contributed by atoms with Crippen LogP contribution in [0.3, 0.4) is 0 Å². The lowest BCUT2D eigenvalue weighted by atomic mass is 9.86. The minimum absolute atomic E-state index is 0.00996. The van der Waals surface area contributed by atoms with Crippen LogP contribution in [0, 0.1) is 0 Å². The number of unbranched alkanes of at least 4 members (excludes halogenated alkanes) is 1. The van der Waals surface area contributed by atoms with Gasteiger partial charge in [-0.3, -0.25) is 14.1 Å². The molecule has 5 rings (SSSR count). The van der Waals surface area contributed by atoms with Crippen LogP contribution < -0.4 is 5.69 Å². The Balaban J connectivity index is 1.50. The average molecular weight is 508 g/mol. The van der Waals surface area contributed by atoms with Crippen molar-refractivity contribution in [3.05, 3.63) is 100 Å². The van der Waals surface area contributed by atoms with Gasteiger partial charge in [-0.1, -0.05) is 82.6 Å². The van der Waals surface area contributed by atoms with Crippen molar-refractivity contribution in [2.24, 2.45) is 0 Å². The predicted molar refractivity (Wildman–Crippen MR) is 149 cm³/mol. The zero-order chi connectivity index (χ0) is 26.7. The topological polar surface area (TPSA) is 94.3 Å². The Morgan fingerprint density at radius 1 is 0.974 bits per heavy atom. The van der Waals surface area contributed by atoms with Gasteiger partial charge in [-0.25, -0.2) is 9.89 Å². The number of rotatable bonds is 8. The molecule has 8 nitrogen and oxygen atoms in total. The predicted octanol–water partition coefficient (Wildman–Crippen LogP) is 5.57. The van der Waals surface area contributed by atoms with Gasteiger partial charge in [0.15, 0.2) is 5.82 Å². The summed E-state index contributed by atoms with van der Waals surface area (Å²) in [6.07, 6.45) is 6.72. The summed E-state index contributed by atoms with van der Waals surface area (Å²) in [7, 11) is 0. The zero-order valence-electron chi connectivity index (χ0n) is 22.3. The number of aromatic nitrogens is 7. The Bertz CT molecular complexity index is 1570. The highest BCUT2D eigenvalue weighted by atomic mass is 16.1. The van der Waals surface area contributed by atoms with Crippen molar-refractivity contribution in [1.82, 2.24) is 34.7 Å². The van der Waals surface area contributed by atoms with Crippen molar-refractivity contribution in [2.45, 2.75) is 58.9 Å². The summed E-state index contributed by atoms with van der Waals surface area (Å²) in [4.78, 5) is 18.3. The quantitative estimate of drug-likeness (QED) is 0.296. The smallest absolute Gasteiger partial charge is 0.292 e. The van der Waals surface area contributed by atoms with Gasteiger partial charge in [0.05, 0.1) is 12.2 Å². The van der Waals surface area contributed by atoms with Crippen LogP contribution in [0.15, 0.2) is 77.9 Å². The fourth-order valence-electron chi connectivity index (χ4n) is 4.80. The molecule has 8 heteroatoms. The third-order valence-corrected chi connectivity index (χ3v) is 6.80. The monoisotopic (exact) mass is 507 g/mol. The van der Waals surface area contributed by atoms with Crippen LogP contribution >= 0.6 is 0 Å². The van der Waals surface area contributed by atoms with E-state index in [2.05, 4.69) is 83.6 Å². The summed E-state index contributed by atoms with van der Waals surface area (Å²) in [5.41, 5.74) is 6.75. The molecule has 0 saturated carbocycles. The van der Waals surface area contributed by atoms with Gasteiger partial charge in [-0.05, 0) is 57.5 Å². The lowest BCUT2D eigenvalue weighted by molar-refractivity contribution is 0.584. The molecule has 0 fully saturated rings. The van der Waals surface area contributed by atoms with E-state index in [-0.39, 0.29) is 11.1 Å². The van der Waals surface area contributed by atoms with Gasteiger partial charge in [0.25, 0.3) is 0 Å². The lowest BCUT2D eigenvalue weighted by Crippen LogP contribution is -2.26. The molecule has 3 heterocycles. The molecule has 2 aromatic carbocycles. The largest absolute Gasteiger partial charge is 0.333 e. The minimum Gasteiger partial charge on any atom is -0.292 e. The van der Waals surface area contributed by atoms with Gasteiger partial charge in [0.2, 0.25) is 0 Å². The molecular weight excluding hydrogens is 474 g/mol. The number of para-hydroxylation sites is 1. The van der Waals surface area contributed by atoms with Crippen LogP contribution in [-0.4, -0.2) is 34.7 Å². The molecule has 0 aliphatic carbocycles. The second-order valence-corrected chi connectivity index (χ2v) is 10.6. The Hall–Kier alpha value is -4.33. The normalized spacial score (nSPS) is 11.7. The van der Waals surface area contributed by atoms with Crippen LogP contribution in [0.5, 0.6) is 0 Å². The molecule has 0 aliphatic rings. The third-order valence-electron chi connectivity index (χ3n) is 6.80. The fraction of sp³-hybridized carbons (Fsp3) is 0.300. The van der Waals surface area contributed by atoms with Crippen LogP contribution in [0.25, 0.3) is 28.3 Å². The Morgan fingerprint density at radius 2 is 1.76 bits per heavy atom. The standard InChI is InChI=1S/C30H33N7O/c1-5-6-10-23-20-37(26-13-8-7-12-25(26)30(2,3)4)29(38)36(23)19-21-14-16-22(17-15-21)24-11-9-18-31-27(24)28-32-34-35-33-28/h7-9,11-18,20H,5-6,10,19H2,1-4H3,(H,32,33,34,35). The maximum absolute atomic E-state index is 13.8. The summed E-state index contributed by atoms with van der Waals surface area (Å²) in [5.74, 6) is 0.522. The number of hydrogen-bond acceptors (Lipinski definition) is 5. The molecular formula is C30H33N7O. The molecule has 0 radical (unpaired) electrons. The zero-order valence-corrected chi connectivity index (χ0v) is 22.3. The Kier molecular flexibility index (Phi) is 7.05. The first-order chi connectivity index (χ1) is 18.4. The molecule has 0 spiro atoms. The second kappa shape index (κ2) is 10.6. The average Bonchev–Trinajstić information content (AvgIpc) is 3.56. The summed E-state index contributed by atoms with van der Waals surface area (Å²) < 4.78 is 3.74. The number of hydrogen-bond donors (Lipinski definition) is 1. The summed E-state index contributed by atoms with van der Waals surface area (Å²) in [6.45, 7) is 9.23. The molecule has 0 saturated heterocycles. The first kappa shape index (κ1) is 25.3. The molecule has 38 heavy (non-hydrogen) atoms. The van der Waals surface area contributed by atoms with Crippen LogP contribution in [-0.2, 0) is 18.4 Å². The van der Waals surface area contributed by atoms with E-state index in [0.29, 0.717) is 18.1 Å². The highest BCUT2D eigenvalue weighted by Crippen LogP contribution is 2.29. The van der Waals surface area contributed by atoms with E-state index in [1.54, 1.807) is 6.20 Å². The highest BCUT2D eigenvalue weighted by Gasteiger charge is 2.21. The van der Waals surface area contributed by atoms with Gasteiger partial charge in [-0.15, -0.1) is 5.10 Å². The van der Waals surface area contributed by atoms with E-state index in [0.717, 1.165) is 52.9 Å². The van der Waals surface area contributed by atoms with Crippen LogP contribution in [0.1, 0.15) is 57.4 Å². The molecule has 1 N–H and O–H groups in total. The van der Waals surface area contributed by atoms with Crippen molar-refractivity contribution in [3.63, 3.8) is 0 Å².